The second-order valence-electron chi connectivity index (χ2n) is 5.18. The number of benzene rings is 2. The van der Waals surface area contributed by atoms with Crippen LogP contribution in [-0.2, 0) is 19.6 Å². The average Bonchev–Trinajstić information content (AvgIpc) is 2.70. The third-order valence-electron chi connectivity index (χ3n) is 3.19. The van der Waals surface area contributed by atoms with Crippen molar-refractivity contribution in [3.63, 3.8) is 0 Å². The topological polar surface area (TPSA) is 71.1 Å². The van der Waals surface area contributed by atoms with E-state index in [2.05, 4.69) is 21.8 Å². The predicted octanol–water partition coefficient (Wildman–Crippen LogP) is 3.69. The van der Waals surface area contributed by atoms with E-state index in [4.69, 9.17) is 9.78 Å². The summed E-state index contributed by atoms with van der Waals surface area (Å²) >= 11 is 0. The smallest absolute Gasteiger partial charge is 0.292 e. The normalized spacial score (nSPS) is 10.8. The van der Waals surface area contributed by atoms with E-state index < -0.39 is 18.0 Å². The molecule has 0 aromatic heterocycles. The highest BCUT2D eigenvalue weighted by Crippen LogP contribution is 2.06. The van der Waals surface area contributed by atoms with Crippen LogP contribution in [0.15, 0.2) is 60.7 Å². The molecule has 0 aliphatic heterocycles. The zero-order chi connectivity index (χ0) is 18.6. The Labute approximate surface area is 151 Å². The van der Waals surface area contributed by atoms with Crippen LogP contribution in [0.25, 0.3) is 0 Å². The molecule has 0 amide bonds. The molecule has 26 heavy (non-hydrogen) atoms. The van der Waals surface area contributed by atoms with Gasteiger partial charge in [-0.1, -0.05) is 49.7 Å². The summed E-state index contributed by atoms with van der Waals surface area (Å²) in [6, 6.07) is 16.8. The quantitative estimate of drug-likeness (QED) is 0.429. The predicted molar refractivity (Wildman–Crippen MR) is 92.4 cm³/mol. The first-order valence-corrected chi connectivity index (χ1v) is 8.07. The number of hydrogen-bond donors (Lipinski definition) is 0. The first-order valence-electron chi connectivity index (χ1n) is 8.07. The second-order valence-corrected chi connectivity index (χ2v) is 5.18. The van der Waals surface area contributed by atoms with Crippen molar-refractivity contribution < 1.29 is 29.1 Å². The summed E-state index contributed by atoms with van der Waals surface area (Å²) in [5.74, 6) is 1.30. The van der Waals surface area contributed by atoms with E-state index in [1.54, 1.807) is 60.7 Å². The highest BCUT2D eigenvalue weighted by Gasteiger charge is 2.12. The molecule has 2 aromatic rings. The van der Waals surface area contributed by atoms with Gasteiger partial charge < -0.3 is 0 Å². The van der Waals surface area contributed by atoms with Gasteiger partial charge in [0.2, 0.25) is 0 Å². The molecular weight excluding hydrogens is 336 g/mol. The molecule has 1 atom stereocenters. The van der Waals surface area contributed by atoms with Crippen molar-refractivity contribution in [2.45, 2.75) is 25.9 Å². The van der Waals surface area contributed by atoms with Crippen molar-refractivity contribution >= 4 is 11.9 Å². The lowest BCUT2D eigenvalue weighted by atomic mass is 10.2. The molecule has 0 saturated heterocycles. The monoisotopic (exact) mass is 354 g/mol. The van der Waals surface area contributed by atoms with Crippen LogP contribution in [0.4, 0.5) is 0 Å². The SMILES string of the molecule is CCCC(C#COOC(=O)c1ccccc1)OOC(=O)c1ccccc1. The molecule has 0 saturated carbocycles. The fourth-order valence-corrected chi connectivity index (χ4v) is 1.90. The van der Waals surface area contributed by atoms with Crippen LogP contribution in [0.3, 0.4) is 0 Å². The van der Waals surface area contributed by atoms with Crippen LogP contribution in [0.1, 0.15) is 40.5 Å². The van der Waals surface area contributed by atoms with Gasteiger partial charge in [-0.15, -0.1) is 0 Å². The van der Waals surface area contributed by atoms with Crippen molar-refractivity contribution in [1.82, 2.24) is 0 Å². The number of carbonyl (C=O) groups is 2. The molecule has 0 radical (unpaired) electrons. The van der Waals surface area contributed by atoms with E-state index in [-0.39, 0.29) is 0 Å². The molecule has 0 N–H and O–H groups in total. The Morgan fingerprint density at radius 1 is 0.885 bits per heavy atom. The summed E-state index contributed by atoms with van der Waals surface area (Å²) in [4.78, 5) is 42.5. The molecule has 0 aliphatic carbocycles. The van der Waals surface area contributed by atoms with Crippen LogP contribution < -0.4 is 0 Å². The molecule has 0 fully saturated rings. The highest BCUT2D eigenvalue weighted by molar-refractivity contribution is 5.89. The third-order valence-corrected chi connectivity index (χ3v) is 3.19. The van der Waals surface area contributed by atoms with E-state index >= 15 is 0 Å². The van der Waals surface area contributed by atoms with E-state index in [1.807, 2.05) is 6.92 Å². The molecule has 6 heteroatoms. The van der Waals surface area contributed by atoms with Gasteiger partial charge in [-0.05, 0) is 36.6 Å². The van der Waals surface area contributed by atoms with Crippen LogP contribution in [0, 0.1) is 12.0 Å². The molecule has 2 rings (SSSR count). The second kappa shape index (κ2) is 10.5. The first kappa shape index (κ1) is 19.0. The van der Waals surface area contributed by atoms with Gasteiger partial charge >= 0.3 is 11.9 Å². The molecule has 0 bridgehead atoms. The lowest BCUT2D eigenvalue weighted by Gasteiger charge is -2.09. The highest BCUT2D eigenvalue weighted by atomic mass is 17.2. The van der Waals surface area contributed by atoms with Crippen LogP contribution in [0.5, 0.6) is 0 Å². The van der Waals surface area contributed by atoms with E-state index in [9.17, 15) is 9.59 Å². The molecule has 134 valence electrons. The minimum absolute atomic E-state index is 0.340. The minimum atomic E-state index is -0.705. The lowest BCUT2D eigenvalue weighted by molar-refractivity contribution is -0.261. The van der Waals surface area contributed by atoms with Crippen LogP contribution in [-0.4, -0.2) is 18.0 Å². The Balaban J connectivity index is 1.81. The Morgan fingerprint density at radius 3 is 1.96 bits per heavy atom. The van der Waals surface area contributed by atoms with Crippen LogP contribution >= 0.6 is 0 Å². The zero-order valence-corrected chi connectivity index (χ0v) is 14.2. The van der Waals surface area contributed by atoms with Crippen molar-refractivity contribution in [3.8, 4) is 12.0 Å². The molecule has 2 aromatic carbocycles. The Bertz CT molecular complexity index is 761. The summed E-state index contributed by atoms with van der Waals surface area (Å²) in [7, 11) is 0. The van der Waals surface area contributed by atoms with Crippen molar-refractivity contribution in [2.24, 2.45) is 0 Å². The van der Waals surface area contributed by atoms with E-state index in [0.717, 1.165) is 6.42 Å². The molecule has 0 heterocycles. The fourth-order valence-electron chi connectivity index (χ4n) is 1.90. The van der Waals surface area contributed by atoms with Gasteiger partial charge in [-0.3, -0.25) is 4.89 Å². The van der Waals surface area contributed by atoms with Crippen molar-refractivity contribution in [3.05, 3.63) is 71.8 Å². The standard InChI is InChI=1S/C20H18O6/c1-2-9-18(24-26-20(22)17-12-7-4-8-13-17)14-15-23-25-19(21)16-10-5-3-6-11-16/h3-8,10-13,18H,2,9H2,1H3. The Kier molecular flexibility index (Phi) is 7.72. The fraction of sp³-hybridized carbons (Fsp3) is 0.200. The maximum atomic E-state index is 11.8. The zero-order valence-electron chi connectivity index (χ0n) is 14.2. The molecule has 0 aliphatic rings. The van der Waals surface area contributed by atoms with Gasteiger partial charge in [-0.2, -0.15) is 4.89 Å². The van der Waals surface area contributed by atoms with Gasteiger partial charge in [0.15, 0.2) is 12.2 Å². The van der Waals surface area contributed by atoms with Crippen molar-refractivity contribution in [2.75, 3.05) is 0 Å². The van der Waals surface area contributed by atoms with Crippen molar-refractivity contribution in [1.29, 1.82) is 0 Å². The van der Waals surface area contributed by atoms with Crippen LogP contribution in [0.2, 0.25) is 0 Å². The van der Waals surface area contributed by atoms with Gasteiger partial charge in [0.1, 0.15) is 0 Å². The molecule has 0 spiro atoms. The van der Waals surface area contributed by atoms with Gasteiger partial charge in [-0.25, -0.2) is 19.4 Å². The number of carbonyl (C=O) groups excluding carboxylic acids is 2. The molecule has 1 unspecified atom stereocenters. The van der Waals surface area contributed by atoms with E-state index in [1.165, 1.54) is 0 Å². The van der Waals surface area contributed by atoms with E-state index in [0.29, 0.717) is 17.5 Å². The number of rotatable bonds is 7. The summed E-state index contributed by atoms with van der Waals surface area (Å²) in [6.07, 6.45) is 2.77. The lowest BCUT2D eigenvalue weighted by Crippen LogP contribution is -2.15. The minimum Gasteiger partial charge on any atom is -0.292 e. The summed E-state index contributed by atoms with van der Waals surface area (Å²) in [5.41, 5.74) is 0.705. The molecule has 6 nitrogen and oxygen atoms in total. The first-order chi connectivity index (χ1) is 12.7. The van der Waals surface area contributed by atoms with Gasteiger partial charge in [0.25, 0.3) is 0 Å². The summed E-state index contributed by atoms with van der Waals surface area (Å²) < 4.78 is 0. The largest absolute Gasteiger partial charge is 0.387 e. The molecular formula is C20H18O6. The maximum absolute atomic E-state index is 11.8. The summed E-state index contributed by atoms with van der Waals surface area (Å²) in [6.45, 7) is 1.92. The maximum Gasteiger partial charge on any atom is 0.387 e. The van der Waals surface area contributed by atoms with Gasteiger partial charge in [0, 0.05) is 0 Å². The summed E-state index contributed by atoms with van der Waals surface area (Å²) in [5, 5.41) is 0. The Hall–Kier alpha value is -3.30. The average molecular weight is 354 g/mol. The number of hydrogen-bond acceptors (Lipinski definition) is 6. The Morgan fingerprint density at radius 2 is 1.42 bits per heavy atom. The van der Waals surface area contributed by atoms with Gasteiger partial charge in [0.05, 0.1) is 11.1 Å². The third kappa shape index (κ3) is 6.30.